The maximum absolute atomic E-state index is 13.7. The second-order valence-electron chi connectivity index (χ2n) is 7.74. The molecule has 2 aliphatic heterocycles. The molecule has 2 atom stereocenters. The molecule has 5 rings (SSSR count). The van der Waals surface area contributed by atoms with E-state index >= 15 is 0 Å². The van der Waals surface area contributed by atoms with Gasteiger partial charge in [0, 0.05) is 31.7 Å². The zero-order valence-corrected chi connectivity index (χ0v) is 17.4. The van der Waals surface area contributed by atoms with Gasteiger partial charge in [0.2, 0.25) is 15.9 Å². The Hall–Kier alpha value is -3.04. The van der Waals surface area contributed by atoms with E-state index in [2.05, 4.69) is 15.4 Å². The third-order valence-electron chi connectivity index (χ3n) is 6.32. The first-order valence-electron chi connectivity index (χ1n) is 9.68. The van der Waals surface area contributed by atoms with Crippen LogP contribution in [0.2, 0.25) is 0 Å². The zero-order valence-electron chi connectivity index (χ0n) is 16.6. The van der Waals surface area contributed by atoms with Crippen molar-refractivity contribution in [3.05, 3.63) is 71.8 Å². The van der Waals surface area contributed by atoms with Crippen molar-refractivity contribution in [3.63, 3.8) is 0 Å². The maximum atomic E-state index is 13.7. The number of hydrogen-bond acceptors (Lipinski definition) is 5. The molecule has 9 heteroatoms. The zero-order chi connectivity index (χ0) is 21.1. The Labute approximate surface area is 174 Å². The molecule has 2 aromatic heterocycles. The minimum absolute atomic E-state index is 0.155. The molecule has 8 nitrogen and oxygen atoms in total. The van der Waals surface area contributed by atoms with E-state index < -0.39 is 21.5 Å². The summed E-state index contributed by atoms with van der Waals surface area (Å²) in [5.74, 6) is -0.182. The van der Waals surface area contributed by atoms with Crippen molar-refractivity contribution in [1.29, 1.82) is 0 Å². The molecule has 2 unspecified atom stereocenters. The number of amides is 1. The highest BCUT2D eigenvalue weighted by molar-refractivity contribution is 7.89. The van der Waals surface area contributed by atoms with Gasteiger partial charge in [0.1, 0.15) is 4.90 Å². The van der Waals surface area contributed by atoms with E-state index in [1.54, 1.807) is 32.4 Å². The van der Waals surface area contributed by atoms with Crippen molar-refractivity contribution in [2.75, 3.05) is 11.9 Å². The standard InChI is InChI=1S/C21H21N5O3S/c1-14-18(13-23-25(14)2)30(28,29)26-11-9-21(19(26)15-6-5-10-22-12-15)16-7-3-4-8-17(16)24-20(21)27/h3-8,10,12-13,19H,9,11H2,1-2H3,(H,24,27). The Kier molecular flexibility index (Phi) is 4.09. The molecule has 30 heavy (non-hydrogen) atoms. The smallest absolute Gasteiger partial charge is 0.247 e. The van der Waals surface area contributed by atoms with Crippen LogP contribution in [0.25, 0.3) is 0 Å². The average Bonchev–Trinajstić information content (AvgIpc) is 3.39. The third kappa shape index (κ3) is 2.42. The number of pyridine rings is 1. The number of fused-ring (bicyclic) bond motifs is 2. The molecular formula is C21H21N5O3S. The number of carbonyl (C=O) groups is 1. The minimum Gasteiger partial charge on any atom is -0.325 e. The van der Waals surface area contributed by atoms with Gasteiger partial charge in [0.25, 0.3) is 0 Å². The fourth-order valence-electron chi connectivity index (χ4n) is 4.76. The van der Waals surface area contributed by atoms with Crippen LogP contribution in [0.5, 0.6) is 0 Å². The molecule has 1 N–H and O–H groups in total. The van der Waals surface area contributed by atoms with Crippen molar-refractivity contribution in [1.82, 2.24) is 19.1 Å². The fourth-order valence-corrected chi connectivity index (χ4v) is 6.61. The molecule has 0 bridgehead atoms. The SMILES string of the molecule is Cc1c(S(=O)(=O)N2CCC3(C(=O)Nc4ccccc43)C2c2cccnc2)cnn1C. The van der Waals surface area contributed by atoms with Gasteiger partial charge in [-0.1, -0.05) is 24.3 Å². The van der Waals surface area contributed by atoms with E-state index in [1.165, 1.54) is 15.2 Å². The molecule has 0 saturated carbocycles. The lowest BCUT2D eigenvalue weighted by Gasteiger charge is -2.33. The van der Waals surface area contributed by atoms with E-state index in [9.17, 15) is 13.2 Å². The van der Waals surface area contributed by atoms with Crippen molar-refractivity contribution in [2.24, 2.45) is 7.05 Å². The van der Waals surface area contributed by atoms with Gasteiger partial charge < -0.3 is 5.32 Å². The maximum Gasteiger partial charge on any atom is 0.247 e. The lowest BCUT2D eigenvalue weighted by molar-refractivity contribution is -0.121. The number of anilines is 1. The van der Waals surface area contributed by atoms with Gasteiger partial charge in [0.05, 0.1) is 23.3 Å². The van der Waals surface area contributed by atoms with Crippen LogP contribution in [-0.4, -0.2) is 39.9 Å². The van der Waals surface area contributed by atoms with E-state index in [-0.39, 0.29) is 17.3 Å². The summed E-state index contributed by atoms with van der Waals surface area (Å²) < 4.78 is 30.4. The number of hydrogen-bond donors (Lipinski definition) is 1. The molecule has 3 aromatic rings. The van der Waals surface area contributed by atoms with Gasteiger partial charge in [-0.05, 0) is 36.6 Å². The first kappa shape index (κ1) is 19.0. The van der Waals surface area contributed by atoms with E-state index in [0.29, 0.717) is 17.7 Å². The number of para-hydroxylation sites is 1. The topological polar surface area (TPSA) is 97.2 Å². The molecule has 0 radical (unpaired) electrons. The van der Waals surface area contributed by atoms with Gasteiger partial charge in [-0.25, -0.2) is 8.42 Å². The summed E-state index contributed by atoms with van der Waals surface area (Å²) in [7, 11) is -2.19. The number of sulfonamides is 1. The summed E-state index contributed by atoms with van der Waals surface area (Å²) in [6.45, 7) is 1.94. The van der Waals surface area contributed by atoms with Gasteiger partial charge in [-0.15, -0.1) is 0 Å². The number of aryl methyl sites for hydroxylation is 1. The number of carbonyl (C=O) groups excluding carboxylic acids is 1. The molecular weight excluding hydrogens is 402 g/mol. The normalized spacial score (nSPS) is 23.7. The van der Waals surface area contributed by atoms with Gasteiger partial charge >= 0.3 is 0 Å². The highest BCUT2D eigenvalue weighted by atomic mass is 32.2. The number of rotatable bonds is 3. The summed E-state index contributed by atoms with van der Waals surface area (Å²) in [6, 6.07) is 10.4. The van der Waals surface area contributed by atoms with Crippen molar-refractivity contribution >= 4 is 21.6 Å². The van der Waals surface area contributed by atoms with Gasteiger partial charge in [-0.3, -0.25) is 14.5 Å². The molecule has 2 aliphatic rings. The molecule has 1 fully saturated rings. The second-order valence-corrected chi connectivity index (χ2v) is 9.60. The number of aromatic nitrogens is 3. The Balaban J connectivity index is 1.73. The van der Waals surface area contributed by atoms with Crippen LogP contribution in [0.15, 0.2) is 59.9 Å². The van der Waals surface area contributed by atoms with Crippen LogP contribution in [0.1, 0.15) is 29.3 Å². The van der Waals surface area contributed by atoms with Crippen LogP contribution >= 0.6 is 0 Å². The first-order valence-corrected chi connectivity index (χ1v) is 11.1. The fraction of sp³-hybridized carbons (Fsp3) is 0.286. The van der Waals surface area contributed by atoms with E-state index in [4.69, 9.17) is 0 Å². The highest BCUT2D eigenvalue weighted by Gasteiger charge is 2.61. The Morgan fingerprint density at radius 2 is 1.97 bits per heavy atom. The second kappa shape index (κ2) is 6.48. The molecule has 1 spiro atoms. The summed E-state index contributed by atoms with van der Waals surface area (Å²) in [5, 5.41) is 7.07. The summed E-state index contributed by atoms with van der Waals surface area (Å²) in [6.07, 6.45) is 5.04. The largest absolute Gasteiger partial charge is 0.325 e. The third-order valence-corrected chi connectivity index (χ3v) is 8.29. The minimum atomic E-state index is -3.89. The molecule has 1 aromatic carbocycles. The number of nitrogens with zero attached hydrogens (tertiary/aromatic N) is 4. The first-order chi connectivity index (χ1) is 14.4. The molecule has 4 heterocycles. The van der Waals surface area contributed by atoms with Crippen LogP contribution < -0.4 is 5.32 Å². The predicted molar refractivity (Wildman–Crippen MR) is 110 cm³/mol. The molecule has 154 valence electrons. The van der Waals surface area contributed by atoms with Crippen LogP contribution in [0.3, 0.4) is 0 Å². The van der Waals surface area contributed by atoms with Crippen LogP contribution in [0, 0.1) is 6.92 Å². The quantitative estimate of drug-likeness (QED) is 0.696. The number of benzene rings is 1. The summed E-state index contributed by atoms with van der Waals surface area (Å²) in [4.78, 5) is 17.7. The van der Waals surface area contributed by atoms with Crippen LogP contribution in [-0.2, 0) is 27.3 Å². The van der Waals surface area contributed by atoms with E-state index in [1.807, 2.05) is 30.3 Å². The van der Waals surface area contributed by atoms with Gasteiger partial charge in [0.15, 0.2) is 0 Å². The van der Waals surface area contributed by atoms with Gasteiger partial charge in [-0.2, -0.15) is 9.40 Å². The monoisotopic (exact) mass is 423 g/mol. The molecule has 1 saturated heterocycles. The number of nitrogens with one attached hydrogen (secondary N) is 1. The lowest BCUT2D eigenvalue weighted by Crippen LogP contribution is -2.42. The Morgan fingerprint density at radius 3 is 2.67 bits per heavy atom. The predicted octanol–water partition coefficient (Wildman–Crippen LogP) is 2.15. The van der Waals surface area contributed by atoms with Crippen molar-refractivity contribution < 1.29 is 13.2 Å². The lowest BCUT2D eigenvalue weighted by atomic mass is 9.73. The average molecular weight is 423 g/mol. The molecule has 1 amide bonds. The highest BCUT2D eigenvalue weighted by Crippen LogP contribution is 2.55. The van der Waals surface area contributed by atoms with Crippen molar-refractivity contribution in [2.45, 2.75) is 29.7 Å². The Bertz CT molecular complexity index is 1250. The summed E-state index contributed by atoms with van der Waals surface area (Å²) >= 11 is 0. The summed E-state index contributed by atoms with van der Waals surface area (Å²) in [5.41, 5.74) is 1.78. The molecule has 0 aliphatic carbocycles. The van der Waals surface area contributed by atoms with Crippen LogP contribution in [0.4, 0.5) is 5.69 Å². The Morgan fingerprint density at radius 1 is 1.17 bits per heavy atom. The van der Waals surface area contributed by atoms with E-state index in [0.717, 1.165) is 11.3 Å². The van der Waals surface area contributed by atoms with Crippen molar-refractivity contribution in [3.8, 4) is 0 Å².